The third-order valence-corrected chi connectivity index (χ3v) is 4.20. The maximum absolute atomic E-state index is 5.45. The van der Waals surface area contributed by atoms with Crippen molar-refractivity contribution in [1.82, 2.24) is 20.0 Å². The fourth-order valence-electron chi connectivity index (χ4n) is 2.81. The monoisotopic (exact) mass is 479 g/mol. The number of methoxy groups -OCH3 is 1. The summed E-state index contributed by atoms with van der Waals surface area (Å²) in [6, 6.07) is 12.2. The number of hydrogen-bond acceptors (Lipinski definition) is 3. The first-order chi connectivity index (χ1) is 12.7. The minimum Gasteiger partial charge on any atom is -0.496 e. The number of fused-ring (bicyclic) bond motifs is 1. The molecule has 0 spiro atoms. The van der Waals surface area contributed by atoms with Crippen LogP contribution in [0.4, 0.5) is 0 Å². The number of benzene rings is 1. The molecule has 0 saturated carbocycles. The molecule has 7 heteroatoms. The predicted molar refractivity (Wildman–Crippen MR) is 120 cm³/mol. The Bertz CT molecular complexity index is 873. The number of nitrogens with one attached hydrogen (secondary N) is 2. The van der Waals surface area contributed by atoms with Gasteiger partial charge in [-0.05, 0) is 30.7 Å². The van der Waals surface area contributed by atoms with Gasteiger partial charge in [0.05, 0.1) is 12.8 Å². The fourth-order valence-corrected chi connectivity index (χ4v) is 2.81. The summed E-state index contributed by atoms with van der Waals surface area (Å²) in [6.45, 7) is 3.46. The van der Waals surface area contributed by atoms with Crippen molar-refractivity contribution in [2.75, 3.05) is 20.7 Å². The number of hydrogen-bond donors (Lipinski definition) is 2. The van der Waals surface area contributed by atoms with E-state index in [0.717, 1.165) is 41.6 Å². The van der Waals surface area contributed by atoms with Crippen molar-refractivity contribution in [3.63, 3.8) is 0 Å². The van der Waals surface area contributed by atoms with Crippen LogP contribution >= 0.6 is 24.0 Å². The molecule has 0 aliphatic rings. The largest absolute Gasteiger partial charge is 0.496 e. The molecule has 2 heterocycles. The van der Waals surface area contributed by atoms with Gasteiger partial charge in [-0.25, -0.2) is 4.98 Å². The van der Waals surface area contributed by atoms with Crippen molar-refractivity contribution in [3.05, 3.63) is 65.6 Å². The quantitative estimate of drug-likeness (QED) is 0.324. The first-order valence-electron chi connectivity index (χ1n) is 8.70. The molecule has 6 nitrogen and oxygen atoms in total. The number of aryl methyl sites for hydroxylation is 1. The zero-order valence-electron chi connectivity index (χ0n) is 15.9. The summed E-state index contributed by atoms with van der Waals surface area (Å²) in [4.78, 5) is 8.88. The first-order valence-corrected chi connectivity index (χ1v) is 8.70. The van der Waals surface area contributed by atoms with Gasteiger partial charge in [0.15, 0.2) is 5.96 Å². The van der Waals surface area contributed by atoms with Crippen LogP contribution in [0.25, 0.3) is 5.65 Å². The fraction of sp³-hybridized carbons (Fsp3) is 0.300. The van der Waals surface area contributed by atoms with Crippen molar-refractivity contribution in [3.8, 4) is 5.75 Å². The Kier molecular flexibility index (Phi) is 7.90. The number of aromatic nitrogens is 2. The van der Waals surface area contributed by atoms with E-state index in [4.69, 9.17) is 4.74 Å². The third kappa shape index (κ3) is 5.59. The normalized spacial score (nSPS) is 11.1. The highest BCUT2D eigenvalue weighted by molar-refractivity contribution is 14.0. The Balaban J connectivity index is 0.00000261. The van der Waals surface area contributed by atoms with E-state index >= 15 is 0 Å². The van der Waals surface area contributed by atoms with Gasteiger partial charge in [0.1, 0.15) is 11.4 Å². The zero-order valence-corrected chi connectivity index (χ0v) is 18.2. The molecular weight excluding hydrogens is 453 g/mol. The lowest BCUT2D eigenvalue weighted by Crippen LogP contribution is -2.37. The molecule has 27 heavy (non-hydrogen) atoms. The van der Waals surface area contributed by atoms with Gasteiger partial charge in [-0.15, -0.1) is 24.0 Å². The number of aliphatic imine (C=N–C) groups is 1. The summed E-state index contributed by atoms with van der Waals surface area (Å²) in [7, 11) is 3.47. The average molecular weight is 479 g/mol. The lowest BCUT2D eigenvalue weighted by Gasteiger charge is -2.14. The Labute approximate surface area is 177 Å². The predicted octanol–water partition coefficient (Wildman–Crippen LogP) is 3.18. The second-order valence-electron chi connectivity index (χ2n) is 6.12. The van der Waals surface area contributed by atoms with Crippen molar-refractivity contribution >= 4 is 35.6 Å². The Morgan fingerprint density at radius 2 is 2.07 bits per heavy atom. The number of guanidine groups is 1. The molecule has 144 valence electrons. The molecule has 0 unspecified atom stereocenters. The van der Waals surface area contributed by atoms with Crippen LogP contribution in [0.15, 0.2) is 53.8 Å². The maximum Gasteiger partial charge on any atom is 0.191 e. The molecule has 2 aromatic heterocycles. The van der Waals surface area contributed by atoms with E-state index in [2.05, 4.69) is 45.9 Å². The molecule has 3 aromatic rings. The van der Waals surface area contributed by atoms with E-state index in [9.17, 15) is 0 Å². The number of halogens is 1. The van der Waals surface area contributed by atoms with Crippen molar-refractivity contribution in [1.29, 1.82) is 0 Å². The Morgan fingerprint density at radius 1 is 1.22 bits per heavy atom. The first kappa shape index (κ1) is 21.0. The molecule has 0 amide bonds. The summed E-state index contributed by atoms with van der Waals surface area (Å²) >= 11 is 0. The number of nitrogens with zero attached hydrogens (tertiary/aromatic N) is 3. The van der Waals surface area contributed by atoms with E-state index in [1.54, 1.807) is 14.2 Å². The van der Waals surface area contributed by atoms with Gasteiger partial charge in [-0.3, -0.25) is 4.99 Å². The third-order valence-electron chi connectivity index (χ3n) is 4.20. The number of imidazole rings is 1. The van der Waals surface area contributed by atoms with Crippen LogP contribution in [0.5, 0.6) is 5.75 Å². The molecule has 0 fully saturated rings. The molecular formula is C20H26IN5O. The van der Waals surface area contributed by atoms with Gasteiger partial charge in [0.2, 0.25) is 0 Å². The highest BCUT2D eigenvalue weighted by Crippen LogP contribution is 2.19. The molecule has 1 aromatic carbocycles. The van der Waals surface area contributed by atoms with Crippen LogP contribution in [-0.2, 0) is 13.0 Å². The van der Waals surface area contributed by atoms with Gasteiger partial charge in [-0.1, -0.05) is 18.2 Å². The maximum atomic E-state index is 5.45. The summed E-state index contributed by atoms with van der Waals surface area (Å²) < 4.78 is 7.48. The van der Waals surface area contributed by atoms with Gasteiger partial charge < -0.3 is 19.8 Å². The van der Waals surface area contributed by atoms with Crippen molar-refractivity contribution in [2.24, 2.45) is 4.99 Å². The van der Waals surface area contributed by atoms with Gasteiger partial charge in [0, 0.05) is 44.5 Å². The molecule has 0 aliphatic heterocycles. The minimum absolute atomic E-state index is 0. The van der Waals surface area contributed by atoms with Gasteiger partial charge in [0.25, 0.3) is 0 Å². The molecule has 2 N–H and O–H groups in total. The molecule has 0 aliphatic carbocycles. The van der Waals surface area contributed by atoms with E-state index in [0.29, 0.717) is 6.54 Å². The number of rotatable bonds is 6. The number of pyridine rings is 1. The smallest absolute Gasteiger partial charge is 0.191 e. The molecule has 3 rings (SSSR count). The SMILES string of the molecule is CN=C(NCCc1cn2ccccc2n1)NCc1ccc(C)cc1OC.I. The Hall–Kier alpha value is -2.29. The lowest BCUT2D eigenvalue weighted by molar-refractivity contribution is 0.408. The lowest BCUT2D eigenvalue weighted by atomic mass is 10.1. The van der Waals surface area contributed by atoms with Crippen LogP contribution in [-0.4, -0.2) is 36.0 Å². The van der Waals surface area contributed by atoms with Gasteiger partial charge >= 0.3 is 0 Å². The van der Waals surface area contributed by atoms with Crippen LogP contribution in [0.2, 0.25) is 0 Å². The highest BCUT2D eigenvalue weighted by atomic mass is 127. The zero-order chi connectivity index (χ0) is 18.4. The van der Waals surface area contributed by atoms with Crippen LogP contribution in [0.1, 0.15) is 16.8 Å². The van der Waals surface area contributed by atoms with Crippen LogP contribution in [0.3, 0.4) is 0 Å². The van der Waals surface area contributed by atoms with Gasteiger partial charge in [-0.2, -0.15) is 0 Å². The second kappa shape index (κ2) is 10.1. The number of ether oxygens (including phenoxy) is 1. The molecule has 0 radical (unpaired) electrons. The molecule has 0 atom stereocenters. The second-order valence-corrected chi connectivity index (χ2v) is 6.12. The summed E-state index contributed by atoms with van der Waals surface area (Å²) in [5.74, 6) is 1.65. The molecule has 0 saturated heterocycles. The standard InChI is InChI=1S/C20H25N5O.HI/c1-15-7-8-16(18(12-15)26-3)13-23-20(21-2)22-10-9-17-14-25-11-5-4-6-19(25)24-17;/h4-8,11-12,14H,9-10,13H2,1-3H3,(H2,21,22,23);1H. The van der Waals surface area contributed by atoms with Crippen molar-refractivity contribution in [2.45, 2.75) is 19.9 Å². The van der Waals surface area contributed by atoms with E-state index in [1.165, 1.54) is 5.56 Å². The van der Waals surface area contributed by atoms with E-state index < -0.39 is 0 Å². The highest BCUT2D eigenvalue weighted by Gasteiger charge is 2.05. The summed E-state index contributed by atoms with van der Waals surface area (Å²) in [6.07, 6.45) is 4.90. The van der Waals surface area contributed by atoms with Crippen LogP contribution in [0, 0.1) is 6.92 Å². The Morgan fingerprint density at radius 3 is 2.81 bits per heavy atom. The van der Waals surface area contributed by atoms with E-state index in [-0.39, 0.29) is 24.0 Å². The van der Waals surface area contributed by atoms with Crippen LogP contribution < -0.4 is 15.4 Å². The molecule has 0 bridgehead atoms. The topological polar surface area (TPSA) is 63.0 Å². The van der Waals surface area contributed by atoms with E-state index in [1.807, 2.05) is 34.9 Å². The summed E-state index contributed by atoms with van der Waals surface area (Å²) in [5.41, 5.74) is 4.30. The summed E-state index contributed by atoms with van der Waals surface area (Å²) in [5, 5.41) is 6.66. The minimum atomic E-state index is 0. The van der Waals surface area contributed by atoms with Crippen molar-refractivity contribution < 1.29 is 4.74 Å². The average Bonchev–Trinajstić information content (AvgIpc) is 3.08.